The highest BCUT2D eigenvalue weighted by Gasteiger charge is 2.58. The highest BCUT2D eigenvalue weighted by atomic mass is 16.4. The van der Waals surface area contributed by atoms with Gasteiger partial charge in [0.2, 0.25) is 0 Å². The standard InChI is InChI=1S/C9H14O5/c1-8(6(10)11)4-2-3-5-9(8,14)7(12)13/h14H,2-5H2,1H3,(H,10,11)(H,12,13). The molecular weight excluding hydrogens is 188 g/mol. The Morgan fingerprint density at radius 2 is 1.57 bits per heavy atom. The van der Waals surface area contributed by atoms with Crippen LogP contribution in [0.1, 0.15) is 32.6 Å². The molecule has 3 N–H and O–H groups in total. The van der Waals surface area contributed by atoms with Gasteiger partial charge in [-0.15, -0.1) is 0 Å². The maximum atomic E-state index is 11.0. The second kappa shape index (κ2) is 3.24. The predicted molar refractivity (Wildman–Crippen MR) is 46.8 cm³/mol. The monoisotopic (exact) mass is 202 g/mol. The van der Waals surface area contributed by atoms with Gasteiger partial charge in [-0.05, 0) is 26.2 Å². The van der Waals surface area contributed by atoms with Crippen molar-refractivity contribution in [2.45, 2.75) is 38.2 Å². The summed E-state index contributed by atoms with van der Waals surface area (Å²) in [6, 6.07) is 0. The fourth-order valence-corrected chi connectivity index (χ4v) is 1.97. The Morgan fingerprint density at radius 3 is 1.93 bits per heavy atom. The Bertz CT molecular complexity index is 246. The lowest BCUT2D eigenvalue weighted by Crippen LogP contribution is -2.58. The third-order valence-electron chi connectivity index (χ3n) is 3.20. The van der Waals surface area contributed by atoms with Crippen LogP contribution in [0.15, 0.2) is 0 Å². The minimum atomic E-state index is -2.13. The van der Waals surface area contributed by atoms with E-state index in [1.165, 1.54) is 6.92 Å². The number of aliphatic carboxylic acids is 2. The molecule has 5 nitrogen and oxygen atoms in total. The molecule has 0 aromatic rings. The molecule has 0 aromatic carbocycles. The molecule has 1 aliphatic carbocycles. The average Bonchev–Trinajstić information content (AvgIpc) is 2.09. The minimum absolute atomic E-state index is 0.00509. The van der Waals surface area contributed by atoms with Crippen LogP contribution in [0.25, 0.3) is 0 Å². The van der Waals surface area contributed by atoms with Gasteiger partial charge in [0, 0.05) is 0 Å². The zero-order chi connectivity index (χ0) is 11.0. The summed E-state index contributed by atoms with van der Waals surface area (Å²) < 4.78 is 0. The number of hydrogen-bond donors (Lipinski definition) is 3. The Labute approximate surface area is 81.4 Å². The molecule has 0 amide bonds. The smallest absolute Gasteiger partial charge is 0.336 e. The van der Waals surface area contributed by atoms with Gasteiger partial charge in [-0.1, -0.05) is 6.42 Å². The van der Waals surface area contributed by atoms with Gasteiger partial charge in [0.1, 0.15) is 5.41 Å². The van der Waals surface area contributed by atoms with Crippen LogP contribution in [-0.2, 0) is 9.59 Å². The second-order valence-electron chi connectivity index (χ2n) is 4.01. The summed E-state index contributed by atoms with van der Waals surface area (Å²) >= 11 is 0. The van der Waals surface area contributed by atoms with E-state index in [9.17, 15) is 14.7 Å². The van der Waals surface area contributed by atoms with Crippen LogP contribution in [0, 0.1) is 5.41 Å². The second-order valence-corrected chi connectivity index (χ2v) is 4.01. The van der Waals surface area contributed by atoms with Gasteiger partial charge in [0.15, 0.2) is 5.60 Å². The Kier molecular flexibility index (Phi) is 2.54. The molecule has 5 heteroatoms. The molecule has 0 aliphatic heterocycles. The number of carboxylic acids is 2. The number of carboxylic acid groups (broad SMARTS) is 2. The molecule has 2 atom stereocenters. The summed E-state index contributed by atoms with van der Waals surface area (Å²) in [6.45, 7) is 1.29. The summed E-state index contributed by atoms with van der Waals surface area (Å²) in [4.78, 5) is 21.9. The van der Waals surface area contributed by atoms with Crippen molar-refractivity contribution in [2.24, 2.45) is 5.41 Å². The molecule has 1 fully saturated rings. The molecule has 1 aliphatic rings. The van der Waals surface area contributed by atoms with Crippen LogP contribution < -0.4 is 0 Å². The maximum absolute atomic E-state index is 11.0. The summed E-state index contributed by atoms with van der Waals surface area (Å²) in [5.74, 6) is -2.69. The molecule has 1 saturated carbocycles. The zero-order valence-electron chi connectivity index (χ0n) is 7.99. The van der Waals surface area contributed by atoms with Crippen LogP contribution in [0.2, 0.25) is 0 Å². The van der Waals surface area contributed by atoms with Gasteiger partial charge in [0.05, 0.1) is 0 Å². The first-order chi connectivity index (χ1) is 6.34. The van der Waals surface area contributed by atoms with Gasteiger partial charge in [-0.3, -0.25) is 4.79 Å². The molecule has 0 bridgehead atoms. The van der Waals surface area contributed by atoms with E-state index >= 15 is 0 Å². The van der Waals surface area contributed by atoms with Gasteiger partial charge < -0.3 is 15.3 Å². The molecule has 0 heterocycles. The van der Waals surface area contributed by atoms with E-state index in [4.69, 9.17) is 10.2 Å². The van der Waals surface area contributed by atoms with Crippen LogP contribution in [-0.4, -0.2) is 32.9 Å². The lowest BCUT2D eigenvalue weighted by atomic mass is 9.64. The lowest BCUT2D eigenvalue weighted by Gasteiger charge is -2.42. The summed E-state index contributed by atoms with van der Waals surface area (Å²) in [7, 11) is 0. The van der Waals surface area contributed by atoms with Crippen molar-refractivity contribution < 1.29 is 24.9 Å². The first-order valence-corrected chi connectivity index (χ1v) is 4.54. The van der Waals surface area contributed by atoms with Crippen molar-refractivity contribution in [3.8, 4) is 0 Å². The van der Waals surface area contributed by atoms with Crippen molar-refractivity contribution >= 4 is 11.9 Å². The molecule has 0 spiro atoms. The SMILES string of the molecule is CC1(C(=O)O)CCCCC1(O)C(=O)O. The number of aliphatic hydroxyl groups is 1. The van der Waals surface area contributed by atoms with Crippen molar-refractivity contribution in [1.82, 2.24) is 0 Å². The summed E-state index contributed by atoms with van der Waals surface area (Å²) in [6.07, 6.45) is 1.39. The fourth-order valence-electron chi connectivity index (χ4n) is 1.97. The fraction of sp³-hybridized carbons (Fsp3) is 0.778. The first-order valence-electron chi connectivity index (χ1n) is 4.54. The van der Waals surface area contributed by atoms with Crippen LogP contribution >= 0.6 is 0 Å². The number of carbonyl (C=O) groups is 2. The Balaban J connectivity index is 3.12. The van der Waals surface area contributed by atoms with Gasteiger partial charge in [-0.25, -0.2) is 4.79 Å². The highest BCUT2D eigenvalue weighted by molar-refractivity contribution is 5.88. The largest absolute Gasteiger partial charge is 0.481 e. The van der Waals surface area contributed by atoms with Gasteiger partial charge >= 0.3 is 11.9 Å². The Hall–Kier alpha value is -1.10. The molecule has 80 valence electrons. The third kappa shape index (κ3) is 1.28. The maximum Gasteiger partial charge on any atom is 0.336 e. The third-order valence-corrected chi connectivity index (χ3v) is 3.20. The molecule has 0 saturated heterocycles. The quantitative estimate of drug-likeness (QED) is 0.605. The van der Waals surface area contributed by atoms with E-state index in [-0.39, 0.29) is 12.8 Å². The average molecular weight is 202 g/mol. The summed E-state index contributed by atoms with van der Waals surface area (Å²) in [5.41, 5.74) is -3.70. The van der Waals surface area contributed by atoms with Gasteiger partial charge in [0.25, 0.3) is 0 Å². The molecule has 0 aromatic heterocycles. The van der Waals surface area contributed by atoms with E-state index < -0.39 is 23.0 Å². The highest BCUT2D eigenvalue weighted by Crippen LogP contribution is 2.44. The van der Waals surface area contributed by atoms with E-state index in [2.05, 4.69) is 0 Å². The molecule has 2 unspecified atom stereocenters. The van der Waals surface area contributed by atoms with E-state index in [1.54, 1.807) is 0 Å². The van der Waals surface area contributed by atoms with E-state index in [1.807, 2.05) is 0 Å². The summed E-state index contributed by atoms with van der Waals surface area (Å²) in [5, 5.41) is 27.7. The topological polar surface area (TPSA) is 94.8 Å². The van der Waals surface area contributed by atoms with Crippen LogP contribution in [0.3, 0.4) is 0 Å². The zero-order valence-corrected chi connectivity index (χ0v) is 7.99. The minimum Gasteiger partial charge on any atom is -0.481 e. The van der Waals surface area contributed by atoms with Crippen LogP contribution in [0.5, 0.6) is 0 Å². The molecule has 14 heavy (non-hydrogen) atoms. The van der Waals surface area contributed by atoms with Crippen molar-refractivity contribution in [3.05, 3.63) is 0 Å². The molecule has 0 radical (unpaired) electrons. The van der Waals surface area contributed by atoms with Crippen LogP contribution in [0.4, 0.5) is 0 Å². The predicted octanol–water partition coefficient (Wildman–Crippen LogP) is 0.467. The Morgan fingerprint density at radius 1 is 1.07 bits per heavy atom. The first kappa shape index (κ1) is 11.0. The van der Waals surface area contributed by atoms with Crippen molar-refractivity contribution in [3.63, 3.8) is 0 Å². The normalized spacial score (nSPS) is 37.9. The van der Waals surface area contributed by atoms with Crippen molar-refractivity contribution in [1.29, 1.82) is 0 Å². The van der Waals surface area contributed by atoms with E-state index in [0.29, 0.717) is 12.8 Å². The van der Waals surface area contributed by atoms with Gasteiger partial charge in [-0.2, -0.15) is 0 Å². The molecule has 1 rings (SSSR count). The lowest BCUT2D eigenvalue weighted by molar-refractivity contribution is -0.193. The van der Waals surface area contributed by atoms with E-state index in [0.717, 1.165) is 0 Å². The molecular formula is C9H14O5. The number of hydrogen-bond acceptors (Lipinski definition) is 3. The van der Waals surface area contributed by atoms with Crippen molar-refractivity contribution in [2.75, 3.05) is 0 Å². The number of rotatable bonds is 2.